The smallest absolute Gasteiger partial charge is 0.307 e. The summed E-state index contributed by atoms with van der Waals surface area (Å²) in [7, 11) is -3.40. The molecule has 0 amide bonds. The molecule has 2 aromatic heterocycles. The molecule has 0 fully saturated rings. The van der Waals surface area contributed by atoms with Crippen molar-refractivity contribution in [1.29, 1.82) is 0 Å². The Kier molecular flexibility index (Phi) is 4.79. The highest BCUT2D eigenvalue weighted by Gasteiger charge is 2.29. The van der Waals surface area contributed by atoms with E-state index in [-0.39, 0.29) is 10.7 Å². The van der Waals surface area contributed by atoms with Crippen LogP contribution >= 0.6 is 11.3 Å². The Balaban J connectivity index is 2.12. The Morgan fingerprint density at radius 3 is 2.52 bits per heavy atom. The number of aryl methyl sites for hydroxylation is 2. The predicted molar refractivity (Wildman–Crippen MR) is 87.1 cm³/mol. The van der Waals surface area contributed by atoms with Crippen LogP contribution in [0.25, 0.3) is 0 Å². The average molecular weight is 360 g/mol. The summed E-state index contributed by atoms with van der Waals surface area (Å²) in [5.41, 5.74) is -0.0417. The van der Waals surface area contributed by atoms with Crippen LogP contribution in [0.15, 0.2) is 9.32 Å². The fourth-order valence-corrected chi connectivity index (χ4v) is 4.05. The number of nitrogens with one attached hydrogen (secondary N) is 1. The molecule has 0 bridgehead atoms. The van der Waals surface area contributed by atoms with Gasteiger partial charge in [0.25, 0.3) is 0 Å². The second-order valence-electron chi connectivity index (χ2n) is 5.92. The van der Waals surface area contributed by atoms with E-state index >= 15 is 0 Å². The number of hydrogen-bond donors (Lipinski definition) is 1. The lowest BCUT2D eigenvalue weighted by molar-refractivity contribution is 0.349. The number of nitrogens with zero attached hydrogens (tertiary/aromatic N) is 3. The van der Waals surface area contributed by atoms with Crippen molar-refractivity contribution in [1.82, 2.24) is 19.4 Å². The molecule has 0 atom stereocenters. The Morgan fingerprint density at radius 1 is 1.35 bits per heavy atom. The Labute approximate surface area is 138 Å². The molecule has 2 rings (SSSR count). The first-order valence-corrected chi connectivity index (χ1v) is 9.69. The van der Waals surface area contributed by atoms with Crippen molar-refractivity contribution in [3.63, 3.8) is 0 Å². The molecule has 0 spiro atoms. The van der Waals surface area contributed by atoms with Crippen molar-refractivity contribution in [2.45, 2.75) is 46.2 Å². The molecule has 23 heavy (non-hydrogen) atoms. The Bertz CT molecular complexity index is 861. The highest BCUT2D eigenvalue weighted by molar-refractivity contribution is 7.88. The minimum atomic E-state index is -3.40. The maximum absolute atomic E-state index is 11.8. The molecule has 2 heterocycles. The maximum Gasteiger partial charge on any atom is 0.307 e. The summed E-state index contributed by atoms with van der Waals surface area (Å²) in [5, 5.41) is 3.84. The van der Waals surface area contributed by atoms with Crippen LogP contribution in [0, 0.1) is 13.8 Å². The zero-order valence-electron chi connectivity index (χ0n) is 13.7. The lowest BCUT2D eigenvalue weighted by atomic mass is 10.1. The number of aromatic nitrogens is 3. The van der Waals surface area contributed by atoms with Gasteiger partial charge in [-0.25, -0.2) is 13.1 Å². The van der Waals surface area contributed by atoms with E-state index in [1.165, 1.54) is 11.3 Å². The molecule has 0 aliphatic heterocycles. The van der Waals surface area contributed by atoms with E-state index < -0.39 is 15.6 Å². The Morgan fingerprint density at radius 2 is 2.00 bits per heavy atom. The molecule has 0 saturated carbocycles. The second kappa shape index (κ2) is 6.17. The van der Waals surface area contributed by atoms with E-state index in [2.05, 4.69) is 14.9 Å². The van der Waals surface area contributed by atoms with Crippen molar-refractivity contribution in [2.75, 3.05) is 6.26 Å². The topological polar surface area (TPSA) is 107 Å². The number of hydrogen-bond acceptors (Lipinski definition) is 7. The summed E-state index contributed by atoms with van der Waals surface area (Å²) in [5.74, 6) is 0.613. The van der Waals surface area contributed by atoms with Gasteiger partial charge >= 0.3 is 4.87 Å². The van der Waals surface area contributed by atoms with E-state index in [1.54, 1.807) is 18.4 Å². The van der Waals surface area contributed by atoms with Crippen LogP contribution in [-0.4, -0.2) is 29.4 Å². The molecule has 8 nitrogen and oxygen atoms in total. The summed E-state index contributed by atoms with van der Waals surface area (Å²) in [6, 6.07) is 0. The van der Waals surface area contributed by atoms with Gasteiger partial charge in [-0.3, -0.25) is 4.79 Å². The molecule has 0 unspecified atom stereocenters. The van der Waals surface area contributed by atoms with E-state index in [0.717, 1.165) is 16.8 Å². The molecule has 2 aromatic rings. The zero-order chi connectivity index (χ0) is 17.4. The first kappa shape index (κ1) is 17.8. The molecule has 0 aromatic carbocycles. The van der Waals surface area contributed by atoms with Crippen molar-refractivity contribution >= 4 is 21.4 Å². The van der Waals surface area contributed by atoms with Crippen LogP contribution in [0.3, 0.4) is 0 Å². The molecule has 128 valence electrons. The maximum atomic E-state index is 11.8. The predicted octanol–water partition coefficient (Wildman–Crippen LogP) is 0.937. The monoisotopic (exact) mass is 360 g/mol. The van der Waals surface area contributed by atoms with Crippen LogP contribution in [-0.2, 0) is 28.5 Å². The standard InChI is InChI=1S/C13H20N4O4S2/c1-8-9(2)22-12(18)17(8)7-6-10-14-11(15-21-10)13(3,4)16-23(5,19)20/h16H,6-7H2,1-5H3. The van der Waals surface area contributed by atoms with Crippen molar-refractivity contribution in [2.24, 2.45) is 0 Å². The van der Waals surface area contributed by atoms with Gasteiger partial charge in [0.1, 0.15) is 0 Å². The fraction of sp³-hybridized carbons (Fsp3) is 0.615. The highest BCUT2D eigenvalue weighted by atomic mass is 32.2. The van der Waals surface area contributed by atoms with Gasteiger partial charge in [-0.05, 0) is 27.7 Å². The molecule has 0 aliphatic rings. The van der Waals surface area contributed by atoms with Gasteiger partial charge in [0.05, 0.1) is 11.8 Å². The number of rotatable bonds is 6. The normalized spacial score (nSPS) is 12.7. The first-order valence-electron chi connectivity index (χ1n) is 6.98. The van der Waals surface area contributed by atoms with Crippen LogP contribution in [0.4, 0.5) is 0 Å². The summed E-state index contributed by atoms with van der Waals surface area (Å²) in [6.45, 7) is 7.55. The lowest BCUT2D eigenvalue weighted by Crippen LogP contribution is -2.41. The van der Waals surface area contributed by atoms with Crippen molar-refractivity contribution in [3.8, 4) is 0 Å². The van der Waals surface area contributed by atoms with Crippen LogP contribution in [0.2, 0.25) is 0 Å². The Hall–Kier alpha value is -1.52. The minimum Gasteiger partial charge on any atom is -0.339 e. The molecular weight excluding hydrogens is 340 g/mol. The summed E-state index contributed by atoms with van der Waals surface area (Å²) < 4.78 is 32.1. The van der Waals surface area contributed by atoms with Gasteiger partial charge in [0.2, 0.25) is 15.9 Å². The van der Waals surface area contributed by atoms with Crippen LogP contribution in [0.5, 0.6) is 0 Å². The second-order valence-corrected chi connectivity index (χ2v) is 8.84. The summed E-state index contributed by atoms with van der Waals surface area (Å²) in [6.07, 6.45) is 1.47. The lowest BCUT2D eigenvalue weighted by Gasteiger charge is -2.20. The fourth-order valence-electron chi connectivity index (χ4n) is 2.17. The van der Waals surface area contributed by atoms with E-state index in [9.17, 15) is 13.2 Å². The van der Waals surface area contributed by atoms with Crippen molar-refractivity contribution in [3.05, 3.63) is 32.0 Å². The van der Waals surface area contributed by atoms with Crippen LogP contribution in [0.1, 0.15) is 36.1 Å². The molecule has 10 heteroatoms. The van der Waals surface area contributed by atoms with Gasteiger partial charge < -0.3 is 9.09 Å². The molecule has 0 radical (unpaired) electrons. The molecule has 0 saturated heterocycles. The zero-order valence-corrected chi connectivity index (χ0v) is 15.3. The van der Waals surface area contributed by atoms with Gasteiger partial charge in [0.15, 0.2) is 5.82 Å². The third kappa shape index (κ3) is 4.27. The van der Waals surface area contributed by atoms with Gasteiger partial charge in [-0.1, -0.05) is 16.5 Å². The first-order chi connectivity index (χ1) is 10.5. The third-order valence-corrected chi connectivity index (χ3v) is 5.27. The van der Waals surface area contributed by atoms with Crippen molar-refractivity contribution < 1.29 is 12.9 Å². The summed E-state index contributed by atoms with van der Waals surface area (Å²) >= 11 is 1.21. The van der Waals surface area contributed by atoms with E-state index in [1.807, 2.05) is 13.8 Å². The minimum absolute atomic E-state index is 0.0150. The SMILES string of the molecule is Cc1sc(=O)n(CCc2nc(C(C)(C)NS(C)(=O)=O)no2)c1C. The molecule has 1 N–H and O–H groups in total. The quantitative estimate of drug-likeness (QED) is 0.821. The third-order valence-electron chi connectivity index (χ3n) is 3.39. The molecule has 0 aliphatic carbocycles. The van der Waals surface area contributed by atoms with E-state index in [0.29, 0.717) is 18.9 Å². The number of sulfonamides is 1. The highest BCUT2D eigenvalue weighted by Crippen LogP contribution is 2.18. The van der Waals surface area contributed by atoms with Crippen LogP contribution < -0.4 is 9.60 Å². The summed E-state index contributed by atoms with van der Waals surface area (Å²) in [4.78, 5) is 17.0. The van der Waals surface area contributed by atoms with Gasteiger partial charge in [-0.15, -0.1) is 0 Å². The number of thiazole rings is 1. The average Bonchev–Trinajstić information content (AvgIpc) is 2.93. The van der Waals surface area contributed by atoms with Gasteiger partial charge in [0, 0.05) is 23.5 Å². The van der Waals surface area contributed by atoms with E-state index in [4.69, 9.17) is 4.52 Å². The van der Waals surface area contributed by atoms with Gasteiger partial charge in [-0.2, -0.15) is 4.98 Å². The molecular formula is C13H20N4O4S2. The largest absolute Gasteiger partial charge is 0.339 e.